The topological polar surface area (TPSA) is 188 Å². The van der Waals surface area contributed by atoms with Gasteiger partial charge in [0.05, 0.1) is 11.6 Å². The zero-order valence-electron chi connectivity index (χ0n) is 30.4. The van der Waals surface area contributed by atoms with E-state index in [0.717, 1.165) is 10.9 Å². The van der Waals surface area contributed by atoms with Gasteiger partial charge in [0.15, 0.2) is 0 Å². The van der Waals surface area contributed by atoms with Gasteiger partial charge in [-0.15, -0.1) is 0 Å². The molecule has 0 radical (unpaired) electrons. The minimum atomic E-state index is -1.18. The third kappa shape index (κ3) is 16.6. The van der Waals surface area contributed by atoms with E-state index in [0.29, 0.717) is 25.1 Å². The average Bonchev–Trinajstić information content (AvgIpc) is 2.95. The van der Waals surface area contributed by atoms with E-state index in [1.807, 2.05) is 36.4 Å². The summed E-state index contributed by atoms with van der Waals surface area (Å²) < 4.78 is 16.3. The largest absolute Gasteiger partial charge is 0.460 e. The van der Waals surface area contributed by atoms with Crippen LogP contribution in [-0.4, -0.2) is 76.3 Å². The van der Waals surface area contributed by atoms with Gasteiger partial charge in [0, 0.05) is 30.5 Å². The van der Waals surface area contributed by atoms with Gasteiger partial charge in [-0.3, -0.25) is 14.6 Å². The number of carbonyl (C=O) groups is 5. The highest BCUT2D eigenvalue weighted by atomic mass is 16.6. The highest BCUT2D eigenvalue weighted by Crippen LogP contribution is 2.16. The number of nitrogens with one attached hydrogen (secondary N) is 3. The Balaban J connectivity index is 1.97. The molecule has 0 saturated heterocycles. The van der Waals surface area contributed by atoms with Crippen LogP contribution in [0.2, 0.25) is 0 Å². The van der Waals surface area contributed by atoms with Crippen LogP contribution in [0.15, 0.2) is 36.4 Å². The number of rotatable bonds is 15. The Bertz CT molecular complexity index is 1440. The van der Waals surface area contributed by atoms with Gasteiger partial charge in [-0.05, 0) is 100 Å². The van der Waals surface area contributed by atoms with E-state index in [2.05, 4.69) is 20.9 Å². The van der Waals surface area contributed by atoms with Gasteiger partial charge in [-0.1, -0.05) is 24.3 Å². The first-order valence-electron chi connectivity index (χ1n) is 16.7. The first kappa shape index (κ1) is 40.9. The Labute approximate surface area is 289 Å². The van der Waals surface area contributed by atoms with E-state index in [9.17, 15) is 24.0 Å². The van der Waals surface area contributed by atoms with Crippen molar-refractivity contribution in [3.05, 3.63) is 42.1 Å². The molecule has 0 unspecified atom stereocenters. The molecule has 2 rings (SSSR count). The summed E-state index contributed by atoms with van der Waals surface area (Å²) in [6.45, 7) is 15.7. The summed E-state index contributed by atoms with van der Waals surface area (Å²) >= 11 is 0. The molecule has 1 aromatic heterocycles. The van der Waals surface area contributed by atoms with Gasteiger partial charge < -0.3 is 35.9 Å². The van der Waals surface area contributed by atoms with Crippen LogP contribution in [0.4, 0.5) is 4.79 Å². The van der Waals surface area contributed by atoms with Gasteiger partial charge in [-0.2, -0.15) is 0 Å². The molecule has 272 valence electrons. The fourth-order valence-corrected chi connectivity index (χ4v) is 4.61. The van der Waals surface area contributed by atoms with Gasteiger partial charge in [-0.25, -0.2) is 14.4 Å². The third-order valence-electron chi connectivity index (χ3n) is 6.69. The summed E-state index contributed by atoms with van der Waals surface area (Å²) in [6, 6.07) is 7.66. The van der Waals surface area contributed by atoms with Crippen molar-refractivity contribution in [2.45, 2.75) is 136 Å². The summed E-state index contributed by atoms with van der Waals surface area (Å²) in [5.41, 5.74) is 5.31. The molecule has 0 aliphatic carbocycles. The molecule has 0 fully saturated rings. The van der Waals surface area contributed by atoms with Crippen molar-refractivity contribution in [1.82, 2.24) is 20.9 Å². The summed E-state index contributed by atoms with van der Waals surface area (Å²) in [6.07, 6.45) is 1.18. The lowest BCUT2D eigenvalue weighted by Gasteiger charge is -2.27. The molecule has 3 atom stereocenters. The van der Waals surface area contributed by atoms with Gasteiger partial charge in [0.2, 0.25) is 5.91 Å². The number of nitrogens with two attached hydrogens (primary N) is 1. The molecular formula is C36H55N5O8. The Hall–Kier alpha value is -4.26. The second kappa shape index (κ2) is 17.9. The number of hydrogen-bond acceptors (Lipinski definition) is 10. The van der Waals surface area contributed by atoms with Crippen molar-refractivity contribution in [3.8, 4) is 0 Å². The highest BCUT2D eigenvalue weighted by Gasteiger charge is 2.31. The molecule has 0 aliphatic rings. The number of urea groups is 1. The van der Waals surface area contributed by atoms with E-state index in [-0.39, 0.29) is 31.6 Å². The predicted octanol–water partition coefficient (Wildman–Crippen LogP) is 4.23. The molecule has 0 saturated carbocycles. The molecule has 0 bridgehead atoms. The maximum Gasteiger partial charge on any atom is 0.329 e. The third-order valence-corrected chi connectivity index (χ3v) is 6.69. The van der Waals surface area contributed by atoms with Crippen LogP contribution < -0.4 is 21.7 Å². The molecule has 3 amide bonds. The second-order valence-corrected chi connectivity index (χ2v) is 15.0. The second-order valence-electron chi connectivity index (χ2n) is 15.0. The van der Waals surface area contributed by atoms with Gasteiger partial charge >= 0.3 is 23.9 Å². The van der Waals surface area contributed by atoms with E-state index in [1.165, 1.54) is 0 Å². The van der Waals surface area contributed by atoms with Crippen molar-refractivity contribution >= 4 is 40.7 Å². The lowest BCUT2D eigenvalue weighted by molar-refractivity contribution is -0.159. The summed E-state index contributed by atoms with van der Waals surface area (Å²) in [7, 11) is 0. The summed E-state index contributed by atoms with van der Waals surface area (Å²) in [5.74, 6) is -2.24. The first-order valence-corrected chi connectivity index (χ1v) is 16.7. The van der Waals surface area contributed by atoms with Crippen molar-refractivity contribution < 1.29 is 38.2 Å². The number of amides is 3. The summed E-state index contributed by atoms with van der Waals surface area (Å²) in [5, 5.41) is 8.98. The quantitative estimate of drug-likeness (QED) is 0.120. The van der Waals surface area contributed by atoms with Crippen molar-refractivity contribution in [1.29, 1.82) is 0 Å². The lowest BCUT2D eigenvalue weighted by atomic mass is 10.1. The van der Waals surface area contributed by atoms with Gasteiger partial charge in [0.25, 0.3) is 0 Å². The molecule has 0 spiro atoms. The smallest absolute Gasteiger partial charge is 0.329 e. The number of benzene rings is 1. The Kier molecular flexibility index (Phi) is 15.0. The maximum atomic E-state index is 13.1. The van der Waals surface area contributed by atoms with E-state index < -0.39 is 58.9 Å². The maximum absolute atomic E-state index is 13.1. The van der Waals surface area contributed by atoms with E-state index in [4.69, 9.17) is 19.9 Å². The molecule has 5 N–H and O–H groups in total. The number of aromatic nitrogens is 1. The van der Waals surface area contributed by atoms with Crippen LogP contribution in [0.5, 0.6) is 0 Å². The fourth-order valence-electron chi connectivity index (χ4n) is 4.61. The first-order chi connectivity index (χ1) is 22.6. The van der Waals surface area contributed by atoms with E-state index >= 15 is 0 Å². The molecule has 13 nitrogen and oxygen atoms in total. The standard InChI is InChI=1S/C36H55N5O8/c1-34(2,3)47-29(42)20-19-28(32(45)49-36(7,8)9)41-33(46)40-27(31(44)48-35(4,5)6)16-12-13-21-38-30(43)25(37)22-24-18-17-23-14-10-11-15-26(23)39-24/h10-11,14-15,17-18,25,27-28H,12-13,16,19-22,37H2,1-9H3,(H,38,43)(H2,40,41,46)/t25-,27-,28-/m0/s1. The number of pyridine rings is 1. The van der Waals surface area contributed by atoms with Gasteiger partial charge in [0.1, 0.15) is 28.9 Å². The lowest BCUT2D eigenvalue weighted by Crippen LogP contribution is -2.53. The monoisotopic (exact) mass is 685 g/mol. The minimum Gasteiger partial charge on any atom is -0.460 e. The van der Waals surface area contributed by atoms with Crippen LogP contribution in [0, 0.1) is 0 Å². The fraction of sp³-hybridized carbons (Fsp3) is 0.611. The Morgan fingerprint density at radius 1 is 0.735 bits per heavy atom. The molecule has 2 aromatic rings. The Morgan fingerprint density at radius 3 is 1.86 bits per heavy atom. The zero-order valence-corrected chi connectivity index (χ0v) is 30.4. The average molecular weight is 686 g/mol. The van der Waals surface area contributed by atoms with Crippen molar-refractivity contribution in [3.63, 3.8) is 0 Å². The Morgan fingerprint density at radius 2 is 1.29 bits per heavy atom. The van der Waals surface area contributed by atoms with Crippen molar-refractivity contribution in [2.75, 3.05) is 6.54 Å². The zero-order chi connectivity index (χ0) is 37.0. The SMILES string of the molecule is CC(C)(C)OC(=O)CC[C@H](NC(=O)N[C@@H](CCCCNC(=O)[C@@H](N)Cc1ccc2ccccc2n1)C(=O)OC(C)(C)C)C(=O)OC(C)(C)C. The molecule has 13 heteroatoms. The minimum absolute atomic E-state index is 0.0763. The number of unbranched alkanes of at least 4 members (excludes halogenated alkanes) is 1. The van der Waals surface area contributed by atoms with Crippen molar-refractivity contribution in [2.24, 2.45) is 5.73 Å². The molecular weight excluding hydrogens is 630 g/mol. The number of fused-ring (bicyclic) bond motifs is 1. The normalized spacial score (nSPS) is 13.8. The highest BCUT2D eigenvalue weighted by molar-refractivity contribution is 5.87. The number of carbonyl (C=O) groups excluding carboxylic acids is 5. The number of para-hydroxylation sites is 1. The molecule has 1 aromatic carbocycles. The van der Waals surface area contributed by atoms with E-state index in [1.54, 1.807) is 62.3 Å². The van der Waals surface area contributed by atoms with Crippen LogP contribution in [-0.2, 0) is 39.8 Å². The molecule has 0 aliphatic heterocycles. The number of nitrogens with zero attached hydrogens (tertiary/aromatic N) is 1. The number of ether oxygens (including phenoxy) is 3. The van der Waals surface area contributed by atoms with Crippen LogP contribution in [0.3, 0.4) is 0 Å². The predicted molar refractivity (Wildman–Crippen MR) is 186 cm³/mol. The molecule has 1 heterocycles. The van der Waals surface area contributed by atoms with Crippen LogP contribution in [0.1, 0.15) is 100 Å². The van der Waals surface area contributed by atoms with Crippen LogP contribution in [0.25, 0.3) is 10.9 Å². The molecule has 49 heavy (non-hydrogen) atoms. The van der Waals surface area contributed by atoms with Crippen LogP contribution >= 0.6 is 0 Å². The summed E-state index contributed by atoms with van der Waals surface area (Å²) in [4.78, 5) is 68.7. The number of hydrogen-bond donors (Lipinski definition) is 4. The number of esters is 3.